The molecular weight excluding hydrogens is 272 g/mol. The molecule has 0 fully saturated rings. The van der Waals surface area contributed by atoms with Crippen LogP contribution in [-0.2, 0) is 10.0 Å². The maximum atomic E-state index is 12.2. The second-order valence-electron chi connectivity index (χ2n) is 3.61. The number of nitrogens with two attached hydrogens (primary N) is 1. The van der Waals surface area contributed by atoms with Crippen LogP contribution in [0.5, 0.6) is 0 Å². The lowest BCUT2D eigenvalue weighted by Crippen LogP contribution is -2.29. The van der Waals surface area contributed by atoms with E-state index >= 15 is 0 Å². The molecule has 2 aromatic rings. The van der Waals surface area contributed by atoms with Crippen molar-refractivity contribution in [1.82, 2.24) is 30.3 Å². The first-order valence-electron chi connectivity index (χ1n) is 5.22. The Kier molecular flexibility index (Phi) is 3.69. The smallest absolute Gasteiger partial charge is 0.244 e. The molecule has 2 aromatic heterocycles. The van der Waals surface area contributed by atoms with Crippen LogP contribution in [0.1, 0.15) is 18.8 Å². The van der Waals surface area contributed by atoms with E-state index in [0.717, 1.165) is 0 Å². The molecular formula is C8H12N8O2S. The van der Waals surface area contributed by atoms with Gasteiger partial charge in [0.2, 0.25) is 10.0 Å². The van der Waals surface area contributed by atoms with Crippen LogP contribution in [0.25, 0.3) is 0 Å². The van der Waals surface area contributed by atoms with Gasteiger partial charge in [-0.05, 0) is 19.1 Å². The predicted molar refractivity (Wildman–Crippen MR) is 65.0 cm³/mol. The first-order chi connectivity index (χ1) is 9.04. The number of hydrogen-bond acceptors (Lipinski definition) is 8. The standard InChI is InChI=1S/C8H12N8O2S/c1-5(7-12-15-16-13-7)14-19(17,18)6-3-2-4-10-8(6)11-9/h2-5,14H,9H2,1H3,(H,10,11)(H,12,13,15,16). The third-order valence-electron chi connectivity index (χ3n) is 2.28. The Hall–Kier alpha value is -2.11. The van der Waals surface area contributed by atoms with Gasteiger partial charge in [-0.1, -0.05) is 5.21 Å². The number of H-pyrrole nitrogens is 1. The van der Waals surface area contributed by atoms with E-state index in [-0.39, 0.29) is 16.5 Å². The summed E-state index contributed by atoms with van der Waals surface area (Å²) in [5.74, 6) is 5.51. The van der Waals surface area contributed by atoms with E-state index in [1.54, 1.807) is 6.92 Å². The number of hydrazine groups is 1. The number of tetrazole rings is 1. The zero-order chi connectivity index (χ0) is 13.9. The Labute approximate surface area is 108 Å². The lowest BCUT2D eigenvalue weighted by molar-refractivity contribution is 0.560. The fraction of sp³-hybridized carbons (Fsp3) is 0.250. The van der Waals surface area contributed by atoms with Gasteiger partial charge in [-0.25, -0.2) is 24.0 Å². The van der Waals surface area contributed by atoms with Gasteiger partial charge in [0.25, 0.3) is 0 Å². The molecule has 0 bridgehead atoms. The lowest BCUT2D eigenvalue weighted by atomic mass is 10.4. The summed E-state index contributed by atoms with van der Waals surface area (Å²) in [7, 11) is -3.80. The Morgan fingerprint density at radius 1 is 1.47 bits per heavy atom. The molecule has 10 nitrogen and oxygen atoms in total. The van der Waals surface area contributed by atoms with E-state index in [9.17, 15) is 8.42 Å². The molecule has 11 heteroatoms. The van der Waals surface area contributed by atoms with Gasteiger partial charge in [-0.15, -0.1) is 10.2 Å². The first kappa shape index (κ1) is 13.3. The van der Waals surface area contributed by atoms with Crippen LogP contribution in [-0.4, -0.2) is 34.0 Å². The summed E-state index contributed by atoms with van der Waals surface area (Å²) in [5.41, 5.74) is 2.23. The highest BCUT2D eigenvalue weighted by Crippen LogP contribution is 2.19. The second kappa shape index (κ2) is 5.26. The fourth-order valence-corrected chi connectivity index (χ4v) is 2.74. The average Bonchev–Trinajstić information content (AvgIpc) is 2.92. The molecule has 2 rings (SSSR count). The van der Waals surface area contributed by atoms with Gasteiger partial charge in [0, 0.05) is 6.20 Å². The molecule has 0 radical (unpaired) electrons. The molecule has 0 aliphatic heterocycles. The molecule has 0 aliphatic carbocycles. The number of hydrogen-bond donors (Lipinski definition) is 4. The SMILES string of the molecule is CC(NS(=O)(=O)c1cccnc1NN)c1nn[nH]n1. The van der Waals surface area contributed by atoms with Crippen LogP contribution < -0.4 is 16.0 Å². The minimum Gasteiger partial charge on any atom is -0.307 e. The van der Waals surface area contributed by atoms with Crippen molar-refractivity contribution in [3.05, 3.63) is 24.2 Å². The Morgan fingerprint density at radius 3 is 2.89 bits per heavy atom. The van der Waals surface area contributed by atoms with Crippen molar-refractivity contribution >= 4 is 15.8 Å². The number of pyridine rings is 1. The fourth-order valence-electron chi connectivity index (χ4n) is 1.42. The molecule has 0 aromatic carbocycles. The van der Waals surface area contributed by atoms with Crippen LogP contribution in [0.15, 0.2) is 23.2 Å². The van der Waals surface area contributed by atoms with Crippen molar-refractivity contribution in [2.75, 3.05) is 5.43 Å². The zero-order valence-corrected chi connectivity index (χ0v) is 10.7. The highest BCUT2D eigenvalue weighted by Gasteiger charge is 2.23. The number of nitrogens with zero attached hydrogens (tertiary/aromatic N) is 4. The maximum absolute atomic E-state index is 12.2. The minimum atomic E-state index is -3.80. The zero-order valence-electron chi connectivity index (χ0n) is 9.90. The number of aromatic amines is 1. The van der Waals surface area contributed by atoms with Gasteiger partial charge < -0.3 is 5.43 Å². The predicted octanol–water partition coefficient (Wildman–Crippen LogP) is -1.08. The largest absolute Gasteiger partial charge is 0.307 e. The van der Waals surface area contributed by atoms with Crippen molar-refractivity contribution in [2.24, 2.45) is 5.84 Å². The third kappa shape index (κ3) is 2.83. The van der Waals surface area contributed by atoms with Crippen molar-refractivity contribution in [1.29, 1.82) is 0 Å². The monoisotopic (exact) mass is 284 g/mol. The highest BCUT2D eigenvalue weighted by atomic mass is 32.2. The first-order valence-corrected chi connectivity index (χ1v) is 6.70. The van der Waals surface area contributed by atoms with Crippen molar-refractivity contribution in [2.45, 2.75) is 17.9 Å². The number of rotatable bonds is 5. The van der Waals surface area contributed by atoms with E-state index in [1.807, 2.05) is 0 Å². The van der Waals surface area contributed by atoms with Crippen molar-refractivity contribution in [3.63, 3.8) is 0 Å². The molecule has 0 saturated carbocycles. The van der Waals surface area contributed by atoms with Gasteiger partial charge in [-0.2, -0.15) is 5.21 Å². The number of sulfonamides is 1. The highest BCUT2D eigenvalue weighted by molar-refractivity contribution is 7.89. The molecule has 5 N–H and O–H groups in total. The normalized spacial score (nSPS) is 13.2. The van der Waals surface area contributed by atoms with Gasteiger partial charge in [0.05, 0.1) is 6.04 Å². The summed E-state index contributed by atoms with van der Waals surface area (Å²) in [4.78, 5) is 3.77. The lowest BCUT2D eigenvalue weighted by Gasteiger charge is -2.12. The van der Waals surface area contributed by atoms with Crippen LogP contribution >= 0.6 is 0 Å². The Bertz CT molecular complexity index is 641. The van der Waals surface area contributed by atoms with Gasteiger partial charge >= 0.3 is 0 Å². The van der Waals surface area contributed by atoms with Crippen molar-refractivity contribution < 1.29 is 8.42 Å². The van der Waals surface area contributed by atoms with Crippen LogP contribution in [0.3, 0.4) is 0 Å². The van der Waals surface area contributed by atoms with E-state index in [2.05, 4.69) is 35.8 Å². The quantitative estimate of drug-likeness (QED) is 0.399. The van der Waals surface area contributed by atoms with Crippen LogP contribution in [0.2, 0.25) is 0 Å². The summed E-state index contributed by atoms with van der Waals surface area (Å²) in [6, 6.07) is 2.23. The molecule has 2 heterocycles. The molecule has 19 heavy (non-hydrogen) atoms. The number of nitrogen functional groups attached to an aromatic ring is 1. The van der Waals surface area contributed by atoms with Crippen molar-refractivity contribution in [3.8, 4) is 0 Å². The topological polar surface area (TPSA) is 152 Å². The van der Waals surface area contributed by atoms with Gasteiger partial charge in [0.15, 0.2) is 11.6 Å². The molecule has 0 saturated heterocycles. The summed E-state index contributed by atoms with van der Waals surface area (Å²) in [6.45, 7) is 1.59. The van der Waals surface area contributed by atoms with E-state index < -0.39 is 16.1 Å². The van der Waals surface area contributed by atoms with Crippen LogP contribution in [0, 0.1) is 0 Å². The molecule has 0 spiro atoms. The molecule has 1 unspecified atom stereocenters. The van der Waals surface area contributed by atoms with E-state index in [4.69, 9.17) is 5.84 Å². The molecule has 102 valence electrons. The maximum Gasteiger partial charge on any atom is 0.244 e. The third-order valence-corrected chi connectivity index (χ3v) is 3.85. The minimum absolute atomic E-state index is 0.0512. The van der Waals surface area contributed by atoms with Gasteiger partial charge in [-0.3, -0.25) is 0 Å². The second-order valence-corrected chi connectivity index (χ2v) is 5.29. The Balaban J connectivity index is 2.28. The summed E-state index contributed by atoms with van der Waals surface area (Å²) in [6.07, 6.45) is 1.43. The van der Waals surface area contributed by atoms with E-state index in [1.165, 1.54) is 18.3 Å². The van der Waals surface area contributed by atoms with Crippen LogP contribution in [0.4, 0.5) is 5.82 Å². The molecule has 0 amide bonds. The van der Waals surface area contributed by atoms with Gasteiger partial charge in [0.1, 0.15) is 4.90 Å². The average molecular weight is 284 g/mol. The Morgan fingerprint density at radius 2 is 2.26 bits per heavy atom. The molecule has 1 atom stereocenters. The number of nitrogens with one attached hydrogen (secondary N) is 3. The molecule has 0 aliphatic rings. The number of aromatic nitrogens is 5. The number of anilines is 1. The van der Waals surface area contributed by atoms with E-state index in [0.29, 0.717) is 0 Å². The summed E-state index contributed by atoms with van der Waals surface area (Å²) < 4.78 is 26.8. The summed E-state index contributed by atoms with van der Waals surface area (Å²) >= 11 is 0. The summed E-state index contributed by atoms with van der Waals surface area (Å²) in [5, 5.41) is 13.0.